The highest BCUT2D eigenvalue weighted by Gasteiger charge is 2.63. The van der Waals surface area contributed by atoms with E-state index in [-0.39, 0.29) is 22.9 Å². The fraction of sp³-hybridized carbons (Fsp3) is 0.905. The van der Waals surface area contributed by atoms with E-state index in [2.05, 4.69) is 29.8 Å². The van der Waals surface area contributed by atoms with Crippen LogP contribution in [-0.2, 0) is 9.59 Å². The van der Waals surface area contributed by atoms with Crippen molar-refractivity contribution < 1.29 is 9.59 Å². The van der Waals surface area contributed by atoms with Crippen molar-refractivity contribution >= 4 is 27.5 Å². The first kappa shape index (κ1) is 17.2. The van der Waals surface area contributed by atoms with Crippen LogP contribution in [0.5, 0.6) is 0 Å². The molecule has 4 saturated carbocycles. The number of hydrogen-bond acceptors (Lipinski definition) is 2. The van der Waals surface area contributed by atoms with E-state index in [0.717, 1.165) is 18.3 Å². The number of hydrogen-bond donors (Lipinski definition) is 0. The van der Waals surface area contributed by atoms with Gasteiger partial charge >= 0.3 is 0 Å². The quantitative estimate of drug-likeness (QED) is 0.453. The van der Waals surface area contributed by atoms with Gasteiger partial charge < -0.3 is 0 Å². The zero-order chi connectivity index (χ0) is 17.3. The number of rotatable bonds is 1. The normalized spacial score (nSPS) is 53.9. The van der Waals surface area contributed by atoms with Crippen LogP contribution in [-0.4, -0.2) is 16.4 Å². The van der Waals surface area contributed by atoms with E-state index >= 15 is 0 Å². The molecule has 3 heteroatoms. The Kier molecular flexibility index (Phi) is 4.07. The number of ketones is 2. The van der Waals surface area contributed by atoms with Gasteiger partial charge in [-0.05, 0) is 80.0 Å². The Morgan fingerprint density at radius 2 is 1.75 bits per heavy atom. The molecule has 0 aromatic rings. The SMILES string of the molecule is CC(=O)[C@H]1C(=O)C[C@H]2[C@@H]3CCC4C(Br)CCC[C@]4(C)[C@H]3CC[C@]12C. The van der Waals surface area contributed by atoms with Gasteiger partial charge in [0.25, 0.3) is 0 Å². The van der Waals surface area contributed by atoms with Crippen LogP contribution in [0.15, 0.2) is 0 Å². The van der Waals surface area contributed by atoms with Crippen LogP contribution in [0.25, 0.3) is 0 Å². The van der Waals surface area contributed by atoms with Crippen molar-refractivity contribution in [2.24, 2.45) is 40.4 Å². The highest BCUT2D eigenvalue weighted by Crippen LogP contribution is 2.67. The molecule has 0 aliphatic heterocycles. The average Bonchev–Trinajstić information content (AvgIpc) is 2.77. The van der Waals surface area contributed by atoms with Crippen LogP contribution >= 0.6 is 15.9 Å². The van der Waals surface area contributed by atoms with Crippen molar-refractivity contribution in [1.82, 2.24) is 0 Å². The third kappa shape index (κ3) is 2.18. The Balaban J connectivity index is 1.67. The molecule has 4 rings (SSSR count). The lowest BCUT2D eigenvalue weighted by Crippen LogP contribution is -2.55. The summed E-state index contributed by atoms with van der Waals surface area (Å²) in [5.41, 5.74) is 0.379. The summed E-state index contributed by atoms with van der Waals surface area (Å²) >= 11 is 3.99. The van der Waals surface area contributed by atoms with Gasteiger partial charge in [-0.2, -0.15) is 0 Å². The lowest BCUT2D eigenvalue weighted by Gasteiger charge is -2.61. The summed E-state index contributed by atoms with van der Waals surface area (Å²) in [5.74, 6) is 2.71. The number of Topliss-reactive ketones (excluding diaryl/α,β-unsaturated/α-hetero) is 2. The molecule has 2 nitrogen and oxygen atoms in total. The minimum absolute atomic E-state index is 0.0598. The molecule has 2 unspecified atom stereocenters. The summed E-state index contributed by atoms with van der Waals surface area (Å²) in [6.07, 6.45) is 9.55. The Bertz CT molecular complexity index is 572. The Morgan fingerprint density at radius 3 is 2.46 bits per heavy atom. The first-order valence-electron chi connectivity index (χ1n) is 9.96. The molecule has 4 aliphatic carbocycles. The maximum atomic E-state index is 12.6. The number of alkyl halides is 1. The summed E-state index contributed by atoms with van der Waals surface area (Å²) in [4.78, 5) is 25.5. The number of halogens is 1. The molecule has 0 aromatic carbocycles. The van der Waals surface area contributed by atoms with Gasteiger partial charge in [0.2, 0.25) is 0 Å². The molecule has 4 fully saturated rings. The van der Waals surface area contributed by atoms with E-state index in [1.165, 1.54) is 38.5 Å². The van der Waals surface area contributed by atoms with Crippen molar-refractivity contribution in [2.75, 3.05) is 0 Å². The molecule has 0 amide bonds. The molecule has 0 saturated heterocycles. The molecular weight excluding hydrogens is 364 g/mol. The fourth-order valence-corrected chi connectivity index (χ4v) is 9.01. The van der Waals surface area contributed by atoms with Gasteiger partial charge in [-0.25, -0.2) is 0 Å². The van der Waals surface area contributed by atoms with Crippen LogP contribution in [0.3, 0.4) is 0 Å². The molecule has 0 aromatic heterocycles. The van der Waals surface area contributed by atoms with Crippen molar-refractivity contribution in [3.8, 4) is 0 Å². The van der Waals surface area contributed by atoms with E-state index < -0.39 is 0 Å². The van der Waals surface area contributed by atoms with Gasteiger partial charge in [-0.3, -0.25) is 9.59 Å². The molecule has 0 radical (unpaired) electrons. The average molecular weight is 395 g/mol. The van der Waals surface area contributed by atoms with Crippen LogP contribution in [0.1, 0.15) is 72.1 Å². The van der Waals surface area contributed by atoms with Gasteiger partial charge in [-0.15, -0.1) is 0 Å². The highest BCUT2D eigenvalue weighted by atomic mass is 79.9. The third-order valence-corrected chi connectivity index (χ3v) is 9.92. The molecule has 0 heterocycles. The van der Waals surface area contributed by atoms with E-state index in [1.807, 2.05) is 0 Å². The first-order valence-corrected chi connectivity index (χ1v) is 10.9. The molecule has 0 spiro atoms. The van der Waals surface area contributed by atoms with E-state index in [1.54, 1.807) is 6.92 Å². The molecule has 8 atom stereocenters. The summed E-state index contributed by atoms with van der Waals surface area (Å²) in [6.45, 7) is 6.44. The topological polar surface area (TPSA) is 34.1 Å². The maximum absolute atomic E-state index is 12.6. The second kappa shape index (κ2) is 5.66. The summed E-state index contributed by atoms with van der Waals surface area (Å²) in [7, 11) is 0. The molecule has 134 valence electrons. The predicted octanol–water partition coefficient (Wildman–Crippen LogP) is 5.18. The second-order valence-electron chi connectivity index (χ2n) is 9.73. The highest BCUT2D eigenvalue weighted by molar-refractivity contribution is 9.09. The Hall–Kier alpha value is -0.180. The Morgan fingerprint density at radius 1 is 1.00 bits per heavy atom. The van der Waals surface area contributed by atoms with Gasteiger partial charge in [0.15, 0.2) is 0 Å². The third-order valence-electron chi connectivity index (χ3n) is 8.82. The summed E-state index contributed by atoms with van der Waals surface area (Å²) in [6, 6.07) is 0. The molecule has 0 N–H and O–H groups in total. The predicted molar refractivity (Wildman–Crippen MR) is 99.0 cm³/mol. The lowest BCUT2D eigenvalue weighted by atomic mass is 9.45. The van der Waals surface area contributed by atoms with E-state index in [0.29, 0.717) is 28.5 Å². The van der Waals surface area contributed by atoms with E-state index in [4.69, 9.17) is 0 Å². The fourth-order valence-electron chi connectivity index (χ4n) is 7.81. The van der Waals surface area contributed by atoms with Crippen molar-refractivity contribution in [2.45, 2.75) is 77.0 Å². The van der Waals surface area contributed by atoms with Crippen LogP contribution in [0.4, 0.5) is 0 Å². The van der Waals surface area contributed by atoms with Crippen molar-refractivity contribution in [3.63, 3.8) is 0 Å². The number of carbonyl (C=O) groups is 2. The maximum Gasteiger partial charge on any atom is 0.144 e. The van der Waals surface area contributed by atoms with Gasteiger partial charge in [0.05, 0.1) is 5.92 Å². The largest absolute Gasteiger partial charge is 0.299 e. The molecular formula is C21H31BrO2. The smallest absolute Gasteiger partial charge is 0.144 e. The molecule has 4 aliphatic rings. The monoisotopic (exact) mass is 394 g/mol. The van der Waals surface area contributed by atoms with Crippen molar-refractivity contribution in [3.05, 3.63) is 0 Å². The zero-order valence-electron chi connectivity index (χ0n) is 15.3. The number of fused-ring (bicyclic) bond motifs is 5. The Labute approximate surface area is 154 Å². The van der Waals surface area contributed by atoms with Crippen LogP contribution in [0, 0.1) is 40.4 Å². The lowest BCUT2D eigenvalue weighted by molar-refractivity contribution is -0.137. The van der Waals surface area contributed by atoms with Crippen molar-refractivity contribution in [1.29, 1.82) is 0 Å². The van der Waals surface area contributed by atoms with Gasteiger partial charge in [0, 0.05) is 11.2 Å². The van der Waals surface area contributed by atoms with E-state index in [9.17, 15) is 9.59 Å². The second-order valence-corrected chi connectivity index (χ2v) is 10.9. The summed E-state index contributed by atoms with van der Waals surface area (Å²) < 4.78 is 0. The minimum Gasteiger partial charge on any atom is -0.299 e. The standard InChI is InChI=1S/C21H31BrO2/c1-12(23)19-18(24)11-16-13-6-7-15-17(22)5-4-9-20(15,2)14(13)8-10-21(16,19)3/h13-17,19H,4-11H2,1-3H3/t13-,14+,15?,16+,17?,19+,20-,21+/m1/s1. The molecule has 0 bridgehead atoms. The summed E-state index contributed by atoms with van der Waals surface area (Å²) in [5, 5.41) is 0. The van der Waals surface area contributed by atoms with Gasteiger partial charge in [-0.1, -0.05) is 36.2 Å². The minimum atomic E-state index is -0.316. The molecule has 24 heavy (non-hydrogen) atoms. The van der Waals surface area contributed by atoms with Crippen LogP contribution < -0.4 is 0 Å². The number of carbonyl (C=O) groups excluding carboxylic acids is 2. The first-order chi connectivity index (χ1) is 11.3. The van der Waals surface area contributed by atoms with Crippen LogP contribution in [0.2, 0.25) is 0 Å². The van der Waals surface area contributed by atoms with Gasteiger partial charge in [0.1, 0.15) is 11.6 Å². The zero-order valence-corrected chi connectivity index (χ0v) is 16.9.